The zero-order valence-electron chi connectivity index (χ0n) is 20.7. The number of amides is 2. The Hall–Kier alpha value is -2.29. The molecule has 0 bridgehead atoms. The minimum Gasteiger partial charge on any atom is -0.352 e. The lowest BCUT2D eigenvalue weighted by Gasteiger charge is -2.32. The first-order chi connectivity index (χ1) is 16.4. The van der Waals surface area contributed by atoms with Gasteiger partial charge in [-0.15, -0.1) is 0 Å². The second kappa shape index (κ2) is 12.6. The van der Waals surface area contributed by atoms with E-state index in [2.05, 4.69) is 5.32 Å². The molecule has 2 aromatic carbocycles. The first-order valence-corrected chi connectivity index (χ1v) is 14.1. The van der Waals surface area contributed by atoms with Crippen LogP contribution < -0.4 is 9.62 Å². The number of nitrogens with one attached hydrogen (secondary N) is 1. The predicted octanol–water partition coefficient (Wildman–Crippen LogP) is 4.65. The average molecular weight is 543 g/mol. The molecular weight excluding hydrogens is 509 g/mol. The van der Waals surface area contributed by atoms with Crippen LogP contribution in [-0.2, 0) is 32.6 Å². The highest BCUT2D eigenvalue weighted by atomic mass is 35.5. The van der Waals surface area contributed by atoms with E-state index in [1.807, 2.05) is 32.9 Å². The molecule has 2 aromatic rings. The molecule has 0 aromatic heterocycles. The van der Waals surface area contributed by atoms with Gasteiger partial charge in [0.2, 0.25) is 21.8 Å². The largest absolute Gasteiger partial charge is 0.352 e. The van der Waals surface area contributed by atoms with Gasteiger partial charge in [0.25, 0.3) is 0 Å². The number of nitrogens with zero attached hydrogens (tertiary/aromatic N) is 2. The zero-order chi connectivity index (χ0) is 26.3. The van der Waals surface area contributed by atoms with Crippen molar-refractivity contribution in [2.24, 2.45) is 0 Å². The maximum Gasteiger partial charge on any atom is 0.244 e. The van der Waals surface area contributed by atoms with Gasteiger partial charge in [-0.25, -0.2) is 8.42 Å². The van der Waals surface area contributed by atoms with E-state index in [9.17, 15) is 18.0 Å². The highest BCUT2D eigenvalue weighted by Gasteiger charge is 2.30. The molecular formula is C25H33Cl2N3O4S. The molecule has 0 aliphatic carbocycles. The number of aryl methyl sites for hydroxylation is 1. The summed E-state index contributed by atoms with van der Waals surface area (Å²) in [6.45, 7) is 7.04. The van der Waals surface area contributed by atoms with Crippen LogP contribution in [-0.4, -0.2) is 50.0 Å². The zero-order valence-corrected chi connectivity index (χ0v) is 23.0. The van der Waals surface area contributed by atoms with E-state index < -0.39 is 28.5 Å². The number of benzene rings is 2. The number of sulfonamides is 1. The number of carbonyl (C=O) groups excluding carboxylic acids is 2. The average Bonchev–Trinajstić information content (AvgIpc) is 2.81. The summed E-state index contributed by atoms with van der Waals surface area (Å²) in [7, 11) is -3.77. The lowest BCUT2D eigenvalue weighted by molar-refractivity contribution is -0.139. The van der Waals surface area contributed by atoms with Crippen LogP contribution in [0.1, 0.15) is 45.2 Å². The van der Waals surface area contributed by atoms with E-state index in [0.717, 1.165) is 29.0 Å². The van der Waals surface area contributed by atoms with Crippen molar-refractivity contribution in [3.63, 3.8) is 0 Å². The van der Waals surface area contributed by atoms with Crippen molar-refractivity contribution in [1.82, 2.24) is 10.2 Å². The standard InChI is InChI=1S/C25H33Cl2N3O4S/c1-6-17(3)28-25(32)18(4)29(15-20-10-13-22(26)23(27)14-20)24(31)16-30(35(5,33)34)21-11-8-19(7-2)9-12-21/h8-14,17-18H,6-7,15-16H2,1-5H3,(H,28,32)/t17-,18+/m0/s1. The molecule has 0 saturated carbocycles. The van der Waals surface area contributed by atoms with Gasteiger partial charge in [-0.2, -0.15) is 0 Å². The molecule has 192 valence electrons. The maximum atomic E-state index is 13.5. The second-order valence-corrected chi connectivity index (χ2v) is 11.3. The highest BCUT2D eigenvalue weighted by Crippen LogP contribution is 2.24. The first kappa shape index (κ1) is 28.9. The topological polar surface area (TPSA) is 86.8 Å². The molecule has 1 N–H and O–H groups in total. The van der Waals surface area contributed by atoms with E-state index in [4.69, 9.17) is 23.2 Å². The minimum absolute atomic E-state index is 0.0528. The summed E-state index contributed by atoms with van der Waals surface area (Å²) < 4.78 is 26.3. The number of carbonyl (C=O) groups is 2. The van der Waals surface area contributed by atoms with Crippen LogP contribution in [0.25, 0.3) is 0 Å². The normalized spacial score (nSPS) is 13.1. The molecule has 0 spiro atoms. The molecule has 10 heteroatoms. The fourth-order valence-corrected chi connectivity index (χ4v) is 4.56. The SMILES string of the molecule is CCc1ccc(N(CC(=O)N(Cc2ccc(Cl)c(Cl)c2)[C@H](C)C(=O)N[C@@H](C)CC)S(C)(=O)=O)cc1. The van der Waals surface area contributed by atoms with Crippen molar-refractivity contribution < 1.29 is 18.0 Å². The molecule has 0 unspecified atom stereocenters. The summed E-state index contributed by atoms with van der Waals surface area (Å²) in [5, 5.41) is 3.58. The summed E-state index contributed by atoms with van der Waals surface area (Å²) >= 11 is 12.2. The van der Waals surface area contributed by atoms with Gasteiger partial charge in [-0.1, -0.05) is 55.2 Å². The third-order valence-corrected chi connectivity index (χ3v) is 7.70. The van der Waals surface area contributed by atoms with Gasteiger partial charge < -0.3 is 10.2 Å². The Morgan fingerprint density at radius 1 is 0.971 bits per heavy atom. The smallest absolute Gasteiger partial charge is 0.244 e. The van der Waals surface area contributed by atoms with Crippen LogP contribution >= 0.6 is 23.2 Å². The number of rotatable bonds is 11. The fraction of sp³-hybridized carbons (Fsp3) is 0.440. The van der Waals surface area contributed by atoms with Gasteiger partial charge in [-0.3, -0.25) is 13.9 Å². The molecule has 35 heavy (non-hydrogen) atoms. The van der Waals surface area contributed by atoms with E-state index >= 15 is 0 Å². The number of anilines is 1. The minimum atomic E-state index is -3.77. The number of halogens is 2. The Bertz CT molecular complexity index is 1140. The Kier molecular flexibility index (Phi) is 10.4. The van der Waals surface area contributed by atoms with Gasteiger partial charge in [0.15, 0.2) is 0 Å². The van der Waals surface area contributed by atoms with Crippen LogP contribution in [0.4, 0.5) is 5.69 Å². The van der Waals surface area contributed by atoms with Gasteiger partial charge >= 0.3 is 0 Å². The van der Waals surface area contributed by atoms with Crippen molar-refractivity contribution in [3.8, 4) is 0 Å². The van der Waals surface area contributed by atoms with Gasteiger partial charge in [0.1, 0.15) is 12.6 Å². The third kappa shape index (κ3) is 8.12. The Morgan fingerprint density at radius 2 is 1.57 bits per heavy atom. The van der Waals surface area contributed by atoms with Crippen LogP contribution in [0, 0.1) is 0 Å². The summed E-state index contributed by atoms with van der Waals surface area (Å²) in [6.07, 6.45) is 2.59. The molecule has 0 saturated heterocycles. The Morgan fingerprint density at radius 3 is 2.09 bits per heavy atom. The summed E-state index contributed by atoms with van der Waals surface area (Å²) in [5.74, 6) is -0.848. The van der Waals surface area contributed by atoms with Crippen molar-refractivity contribution in [2.45, 2.75) is 59.2 Å². The molecule has 7 nitrogen and oxygen atoms in total. The number of hydrogen-bond acceptors (Lipinski definition) is 4. The predicted molar refractivity (Wildman–Crippen MR) is 142 cm³/mol. The van der Waals surface area contributed by atoms with E-state index in [1.54, 1.807) is 37.3 Å². The van der Waals surface area contributed by atoms with E-state index in [-0.39, 0.29) is 18.5 Å². The van der Waals surface area contributed by atoms with Gasteiger partial charge in [0.05, 0.1) is 22.0 Å². The Labute approximate surface area is 218 Å². The van der Waals surface area contributed by atoms with Crippen LogP contribution in [0.15, 0.2) is 42.5 Å². The summed E-state index contributed by atoms with van der Waals surface area (Å²) in [5.41, 5.74) is 2.09. The first-order valence-electron chi connectivity index (χ1n) is 11.5. The lowest BCUT2D eigenvalue weighted by Crippen LogP contribution is -2.52. The molecule has 2 amide bonds. The Balaban J connectivity index is 2.40. The molecule has 0 fully saturated rings. The van der Waals surface area contributed by atoms with Crippen molar-refractivity contribution >= 4 is 50.7 Å². The third-order valence-electron chi connectivity index (χ3n) is 5.82. The van der Waals surface area contributed by atoms with E-state index in [0.29, 0.717) is 21.3 Å². The molecule has 2 atom stereocenters. The van der Waals surface area contributed by atoms with Crippen LogP contribution in [0.5, 0.6) is 0 Å². The van der Waals surface area contributed by atoms with Crippen molar-refractivity contribution in [3.05, 3.63) is 63.6 Å². The summed E-state index contributed by atoms with van der Waals surface area (Å²) in [4.78, 5) is 27.8. The number of hydrogen-bond donors (Lipinski definition) is 1. The summed E-state index contributed by atoms with van der Waals surface area (Å²) in [6, 6.07) is 11.0. The second-order valence-electron chi connectivity index (χ2n) is 8.55. The lowest BCUT2D eigenvalue weighted by atomic mass is 10.1. The van der Waals surface area contributed by atoms with Crippen molar-refractivity contribution in [2.75, 3.05) is 17.1 Å². The molecule has 0 radical (unpaired) electrons. The van der Waals surface area contributed by atoms with Crippen LogP contribution in [0.2, 0.25) is 10.0 Å². The van der Waals surface area contributed by atoms with Gasteiger partial charge in [0, 0.05) is 12.6 Å². The van der Waals surface area contributed by atoms with Crippen LogP contribution in [0.3, 0.4) is 0 Å². The van der Waals surface area contributed by atoms with Crippen molar-refractivity contribution in [1.29, 1.82) is 0 Å². The molecule has 0 aliphatic rings. The van der Waals surface area contributed by atoms with E-state index in [1.165, 1.54) is 4.90 Å². The highest BCUT2D eigenvalue weighted by molar-refractivity contribution is 7.92. The molecule has 0 aliphatic heterocycles. The fourth-order valence-electron chi connectivity index (χ4n) is 3.39. The molecule has 2 rings (SSSR count). The quantitative estimate of drug-likeness (QED) is 0.448. The maximum absolute atomic E-state index is 13.5. The van der Waals surface area contributed by atoms with Gasteiger partial charge in [-0.05, 0) is 62.1 Å². The monoisotopic (exact) mass is 541 g/mol. The molecule has 0 heterocycles.